The molecule has 0 radical (unpaired) electrons. The van der Waals surface area contributed by atoms with Crippen molar-refractivity contribution < 1.29 is 23.9 Å². The van der Waals surface area contributed by atoms with Crippen LogP contribution >= 0.6 is 27.3 Å². The molecule has 0 saturated carbocycles. The van der Waals surface area contributed by atoms with E-state index in [-0.39, 0.29) is 22.9 Å². The predicted molar refractivity (Wildman–Crippen MR) is 136 cm³/mol. The molecule has 0 atom stereocenters. The van der Waals surface area contributed by atoms with Crippen molar-refractivity contribution in [3.8, 4) is 34.5 Å². The molecular formula is C25H19BrN4O5S. The van der Waals surface area contributed by atoms with Crippen molar-refractivity contribution in [2.45, 2.75) is 6.61 Å². The number of pyridine rings is 1. The average Bonchev–Trinajstić information content (AvgIpc) is 3.58. The van der Waals surface area contributed by atoms with Gasteiger partial charge in [-0.25, -0.2) is 9.78 Å². The molecule has 36 heavy (non-hydrogen) atoms. The zero-order chi connectivity index (χ0) is 25.1. The maximum Gasteiger partial charge on any atom is 0.345 e. The summed E-state index contributed by atoms with van der Waals surface area (Å²) in [6.07, 6.45) is 1.43. The minimum Gasteiger partial charge on any atom is -0.477 e. The van der Waals surface area contributed by atoms with Crippen molar-refractivity contribution in [2.75, 3.05) is 31.2 Å². The summed E-state index contributed by atoms with van der Waals surface area (Å²) in [4.78, 5) is 19.1. The highest BCUT2D eigenvalue weighted by Crippen LogP contribution is 2.35. The second kappa shape index (κ2) is 10.5. The Morgan fingerprint density at radius 3 is 2.61 bits per heavy atom. The number of aromatic nitrogens is 2. The number of thiophene rings is 1. The van der Waals surface area contributed by atoms with Crippen LogP contribution in [0.3, 0.4) is 0 Å². The number of carbonyl (C=O) groups is 1. The number of carboxylic acids is 1. The van der Waals surface area contributed by atoms with Crippen LogP contribution in [0.4, 0.5) is 5.69 Å². The largest absolute Gasteiger partial charge is 0.477 e. The quantitative estimate of drug-likeness (QED) is 0.321. The highest BCUT2D eigenvalue weighted by Gasteiger charge is 2.20. The van der Waals surface area contributed by atoms with Crippen LogP contribution in [0.2, 0.25) is 0 Å². The summed E-state index contributed by atoms with van der Waals surface area (Å²) in [6.45, 7) is 3.12. The van der Waals surface area contributed by atoms with E-state index in [0.29, 0.717) is 39.5 Å². The summed E-state index contributed by atoms with van der Waals surface area (Å²) in [6, 6.07) is 15.2. The lowest BCUT2D eigenvalue weighted by molar-refractivity contribution is 0.0702. The van der Waals surface area contributed by atoms with Gasteiger partial charge >= 0.3 is 5.97 Å². The maximum atomic E-state index is 11.3. The number of halogens is 1. The van der Waals surface area contributed by atoms with Crippen LogP contribution in [-0.4, -0.2) is 47.5 Å². The van der Waals surface area contributed by atoms with Crippen LogP contribution in [-0.2, 0) is 11.3 Å². The molecule has 182 valence electrons. The number of benzene rings is 1. The van der Waals surface area contributed by atoms with E-state index in [1.54, 1.807) is 12.1 Å². The third-order valence-electron chi connectivity index (χ3n) is 5.66. The highest BCUT2D eigenvalue weighted by molar-refractivity contribution is 9.10. The number of ether oxygens (including phenoxy) is 2. The Hall–Kier alpha value is -3.72. The van der Waals surface area contributed by atoms with Gasteiger partial charge in [0.25, 0.3) is 0 Å². The summed E-state index contributed by atoms with van der Waals surface area (Å²) < 4.78 is 17.0. The first-order valence-corrected chi connectivity index (χ1v) is 12.6. The minimum absolute atomic E-state index is 0.0396. The van der Waals surface area contributed by atoms with Crippen molar-refractivity contribution in [2.24, 2.45) is 0 Å². The van der Waals surface area contributed by atoms with Crippen molar-refractivity contribution >= 4 is 38.9 Å². The molecule has 0 spiro atoms. The fraction of sp³-hybridized carbons (Fsp3) is 0.200. The zero-order valence-electron chi connectivity index (χ0n) is 18.8. The topological polar surface area (TPSA) is 122 Å². The summed E-state index contributed by atoms with van der Waals surface area (Å²) in [5.74, 6) is -0.888. The molecule has 4 aromatic rings. The number of morpholine rings is 1. The number of hydrogen-bond acceptors (Lipinski definition) is 9. The van der Waals surface area contributed by atoms with Crippen LogP contribution in [0.15, 0.2) is 57.7 Å². The number of nitrogens with zero attached hydrogens (tertiary/aromatic N) is 4. The lowest BCUT2D eigenvalue weighted by Crippen LogP contribution is -2.36. The molecule has 1 aliphatic rings. The molecular weight excluding hydrogens is 548 g/mol. The van der Waals surface area contributed by atoms with Gasteiger partial charge in [0.2, 0.25) is 5.88 Å². The van der Waals surface area contributed by atoms with Gasteiger partial charge in [0.15, 0.2) is 0 Å². The van der Waals surface area contributed by atoms with E-state index >= 15 is 0 Å². The molecule has 1 fully saturated rings. The number of aromatic carboxylic acids is 1. The highest BCUT2D eigenvalue weighted by atomic mass is 79.9. The molecule has 0 amide bonds. The number of hydrogen-bond donors (Lipinski definition) is 1. The Morgan fingerprint density at radius 2 is 1.97 bits per heavy atom. The minimum atomic E-state index is -1.02. The van der Waals surface area contributed by atoms with Gasteiger partial charge in [0.1, 0.15) is 35.1 Å². The van der Waals surface area contributed by atoms with Gasteiger partial charge in [-0.05, 0) is 40.2 Å². The third-order valence-corrected chi connectivity index (χ3v) is 7.73. The summed E-state index contributed by atoms with van der Waals surface area (Å²) >= 11 is 4.47. The Morgan fingerprint density at radius 1 is 1.19 bits per heavy atom. The van der Waals surface area contributed by atoms with E-state index in [2.05, 4.69) is 37.0 Å². The van der Waals surface area contributed by atoms with Crippen LogP contribution < -0.4 is 9.64 Å². The first-order chi connectivity index (χ1) is 17.5. The van der Waals surface area contributed by atoms with Crippen LogP contribution in [0.5, 0.6) is 5.88 Å². The van der Waals surface area contributed by atoms with Gasteiger partial charge in [0, 0.05) is 40.4 Å². The molecule has 0 bridgehead atoms. The fourth-order valence-electron chi connectivity index (χ4n) is 3.84. The number of rotatable bonds is 7. The monoisotopic (exact) mass is 566 g/mol. The standard InChI is InChI=1S/C25H19BrN4O5S/c26-19-12-22(25(31)32)36-23(19)14-34-24-18(13-27)17(20-5-8-35-29-20)11-21(28-24)15-1-3-16(4-2-15)30-6-9-33-10-7-30/h1-5,8,11-12H,6-7,9-10,14H2,(H,31,32). The van der Waals surface area contributed by atoms with Crippen molar-refractivity contribution in [1.82, 2.24) is 10.1 Å². The van der Waals surface area contributed by atoms with E-state index in [0.717, 1.165) is 35.7 Å². The average molecular weight is 567 g/mol. The van der Waals surface area contributed by atoms with Gasteiger partial charge in [-0.2, -0.15) is 5.26 Å². The number of anilines is 1. The van der Waals surface area contributed by atoms with Gasteiger partial charge in [-0.15, -0.1) is 11.3 Å². The third kappa shape index (κ3) is 4.97. The normalized spacial score (nSPS) is 13.4. The molecule has 4 heterocycles. The van der Waals surface area contributed by atoms with E-state index < -0.39 is 5.97 Å². The predicted octanol–water partition coefficient (Wildman–Crippen LogP) is 5.21. The van der Waals surface area contributed by atoms with Crippen molar-refractivity contribution in [3.63, 3.8) is 0 Å². The van der Waals surface area contributed by atoms with Crippen LogP contribution in [0, 0.1) is 11.3 Å². The van der Waals surface area contributed by atoms with E-state index in [1.165, 1.54) is 12.3 Å². The Labute approximate surface area is 218 Å². The van der Waals surface area contributed by atoms with E-state index in [1.807, 2.05) is 24.3 Å². The van der Waals surface area contributed by atoms with E-state index in [4.69, 9.17) is 14.0 Å². The van der Waals surface area contributed by atoms with E-state index in [9.17, 15) is 15.2 Å². The van der Waals surface area contributed by atoms with Crippen LogP contribution in [0.1, 0.15) is 20.1 Å². The maximum absolute atomic E-state index is 11.3. The molecule has 9 nitrogen and oxygen atoms in total. The Bertz CT molecular complexity index is 1420. The lowest BCUT2D eigenvalue weighted by Gasteiger charge is -2.28. The molecule has 1 aliphatic heterocycles. The first-order valence-electron chi connectivity index (χ1n) is 11.0. The number of carboxylic acid groups (broad SMARTS) is 1. The van der Waals surface area contributed by atoms with Crippen LogP contribution in [0.25, 0.3) is 22.5 Å². The molecule has 1 aromatic carbocycles. The van der Waals surface area contributed by atoms with Gasteiger partial charge < -0.3 is 24.0 Å². The lowest BCUT2D eigenvalue weighted by atomic mass is 10.0. The molecule has 3 aromatic heterocycles. The second-order valence-corrected chi connectivity index (χ2v) is 9.84. The first kappa shape index (κ1) is 24.0. The van der Waals surface area contributed by atoms with Gasteiger partial charge in [0.05, 0.1) is 23.8 Å². The Kier molecular flexibility index (Phi) is 6.99. The zero-order valence-corrected chi connectivity index (χ0v) is 21.2. The van der Waals surface area contributed by atoms with Gasteiger partial charge in [-0.1, -0.05) is 17.3 Å². The fourth-order valence-corrected chi connectivity index (χ4v) is 5.39. The summed E-state index contributed by atoms with van der Waals surface area (Å²) in [5.41, 5.74) is 3.77. The molecule has 0 unspecified atom stereocenters. The SMILES string of the molecule is N#Cc1c(-c2ccon2)cc(-c2ccc(N3CCOCC3)cc2)nc1OCc1sc(C(=O)O)cc1Br. The summed E-state index contributed by atoms with van der Waals surface area (Å²) in [7, 11) is 0. The second-order valence-electron chi connectivity index (χ2n) is 7.85. The molecule has 5 rings (SSSR count). The smallest absolute Gasteiger partial charge is 0.345 e. The molecule has 1 saturated heterocycles. The van der Waals surface area contributed by atoms with Gasteiger partial charge in [-0.3, -0.25) is 0 Å². The molecule has 0 aliphatic carbocycles. The Balaban J connectivity index is 1.50. The van der Waals surface area contributed by atoms with Crippen molar-refractivity contribution in [3.05, 3.63) is 68.5 Å². The van der Waals surface area contributed by atoms with Crippen molar-refractivity contribution in [1.29, 1.82) is 5.26 Å². The molecule has 1 N–H and O–H groups in total. The number of nitriles is 1. The molecule has 11 heteroatoms. The summed E-state index contributed by atoms with van der Waals surface area (Å²) in [5, 5.41) is 23.2.